The summed E-state index contributed by atoms with van der Waals surface area (Å²) >= 11 is 11.4. The van der Waals surface area contributed by atoms with Gasteiger partial charge in [0.1, 0.15) is 5.15 Å². The Kier molecular flexibility index (Phi) is 5.10. The maximum Gasteiger partial charge on any atom is 0.417 e. The van der Waals surface area contributed by atoms with Gasteiger partial charge in [-0.15, -0.1) is 0 Å². The fourth-order valence-electron chi connectivity index (χ4n) is 1.69. The highest BCUT2D eigenvalue weighted by Crippen LogP contribution is 2.36. The molecule has 0 saturated heterocycles. The Morgan fingerprint density at radius 3 is 2.55 bits per heavy atom. The highest BCUT2D eigenvalue weighted by atomic mass is 35.5. The lowest BCUT2D eigenvalue weighted by Gasteiger charge is -2.12. The molecule has 1 N–H and O–H groups in total. The highest BCUT2D eigenvalue weighted by molar-refractivity contribution is 6.31. The van der Waals surface area contributed by atoms with Crippen LogP contribution in [0.3, 0.4) is 0 Å². The van der Waals surface area contributed by atoms with Gasteiger partial charge >= 0.3 is 6.18 Å². The second kappa shape index (κ2) is 6.68. The van der Waals surface area contributed by atoms with E-state index in [4.69, 9.17) is 27.9 Å². The first-order valence-corrected chi connectivity index (χ1v) is 6.71. The van der Waals surface area contributed by atoms with Gasteiger partial charge < -0.3 is 10.1 Å². The molecule has 4 nitrogen and oxygen atoms in total. The van der Waals surface area contributed by atoms with E-state index in [9.17, 15) is 13.2 Å². The maximum absolute atomic E-state index is 12.8. The highest BCUT2D eigenvalue weighted by Gasteiger charge is 2.33. The van der Waals surface area contributed by atoms with Gasteiger partial charge in [-0.25, -0.2) is 9.97 Å². The third kappa shape index (κ3) is 4.22. The van der Waals surface area contributed by atoms with Crippen LogP contribution >= 0.6 is 23.2 Å². The molecule has 2 rings (SSSR count). The van der Waals surface area contributed by atoms with E-state index in [0.717, 1.165) is 12.1 Å². The molecule has 0 unspecified atom stereocenters. The number of anilines is 2. The Balaban J connectivity index is 2.31. The van der Waals surface area contributed by atoms with Crippen molar-refractivity contribution in [1.82, 2.24) is 9.97 Å². The summed E-state index contributed by atoms with van der Waals surface area (Å²) in [5.74, 6) is 0.0648. The van der Waals surface area contributed by atoms with Gasteiger partial charge in [0.05, 0.1) is 22.9 Å². The van der Waals surface area contributed by atoms with E-state index in [1.165, 1.54) is 19.2 Å². The number of halogens is 5. The van der Waals surface area contributed by atoms with E-state index in [2.05, 4.69) is 15.3 Å². The molecule has 0 radical (unpaired) electrons. The van der Waals surface area contributed by atoms with E-state index >= 15 is 0 Å². The monoisotopic (exact) mass is 351 g/mol. The summed E-state index contributed by atoms with van der Waals surface area (Å²) in [4.78, 5) is 7.99. The smallest absolute Gasteiger partial charge is 0.378 e. The Bertz CT molecular complexity index is 680. The molecule has 0 saturated carbocycles. The summed E-state index contributed by atoms with van der Waals surface area (Å²) in [6, 6.07) is 4.91. The molecule has 22 heavy (non-hydrogen) atoms. The standard InChI is InChI=1S/C13H10Cl2F3N3O/c1-22-6-8-5-11(15)21-12(20-8)19-7-2-3-10(14)9(4-7)13(16,17)18/h2-5H,6H2,1H3,(H,19,20,21). The summed E-state index contributed by atoms with van der Waals surface area (Å²) in [7, 11) is 1.48. The number of ether oxygens (including phenoxy) is 1. The van der Waals surface area contributed by atoms with E-state index in [1.807, 2.05) is 0 Å². The quantitative estimate of drug-likeness (QED) is 0.811. The maximum atomic E-state index is 12.8. The second-order valence-corrected chi connectivity index (χ2v) is 5.05. The first-order valence-electron chi connectivity index (χ1n) is 5.96. The molecule has 0 fully saturated rings. The van der Waals surface area contributed by atoms with E-state index in [-0.39, 0.29) is 28.4 Å². The van der Waals surface area contributed by atoms with Gasteiger partial charge in [0.15, 0.2) is 0 Å². The van der Waals surface area contributed by atoms with Crippen LogP contribution in [0.2, 0.25) is 10.2 Å². The topological polar surface area (TPSA) is 47.0 Å². The third-order valence-electron chi connectivity index (χ3n) is 2.57. The van der Waals surface area contributed by atoms with Crippen LogP contribution in [0.15, 0.2) is 24.3 Å². The van der Waals surface area contributed by atoms with Crippen LogP contribution in [0.25, 0.3) is 0 Å². The second-order valence-electron chi connectivity index (χ2n) is 4.26. The zero-order valence-corrected chi connectivity index (χ0v) is 12.7. The summed E-state index contributed by atoms with van der Waals surface area (Å²) in [6.07, 6.45) is -4.55. The van der Waals surface area contributed by atoms with Crippen LogP contribution in [0, 0.1) is 0 Å². The molecule has 0 bridgehead atoms. The van der Waals surface area contributed by atoms with Gasteiger partial charge in [-0.05, 0) is 24.3 Å². The van der Waals surface area contributed by atoms with Crippen LogP contribution in [0.5, 0.6) is 0 Å². The van der Waals surface area contributed by atoms with Crippen molar-refractivity contribution in [3.63, 3.8) is 0 Å². The normalized spacial score (nSPS) is 11.5. The van der Waals surface area contributed by atoms with Gasteiger partial charge in [0, 0.05) is 12.8 Å². The Hall–Kier alpha value is -1.57. The van der Waals surface area contributed by atoms with Crippen molar-refractivity contribution < 1.29 is 17.9 Å². The molecule has 0 aliphatic carbocycles. The Morgan fingerprint density at radius 1 is 1.18 bits per heavy atom. The number of hydrogen-bond donors (Lipinski definition) is 1. The molecule has 0 atom stereocenters. The SMILES string of the molecule is COCc1cc(Cl)nc(Nc2ccc(Cl)c(C(F)(F)F)c2)n1. The lowest BCUT2D eigenvalue weighted by molar-refractivity contribution is -0.137. The summed E-state index contributed by atoms with van der Waals surface area (Å²) < 4.78 is 43.4. The first kappa shape index (κ1) is 16.8. The largest absolute Gasteiger partial charge is 0.417 e. The minimum absolute atomic E-state index is 0.0648. The van der Waals surface area contributed by atoms with E-state index in [0.29, 0.717) is 5.69 Å². The molecule has 0 aliphatic rings. The third-order valence-corrected chi connectivity index (χ3v) is 3.09. The van der Waals surface area contributed by atoms with Gasteiger partial charge in [0.25, 0.3) is 0 Å². The fraction of sp³-hybridized carbons (Fsp3) is 0.231. The Labute approximate surface area is 134 Å². The molecular formula is C13H10Cl2F3N3O. The fourth-order valence-corrected chi connectivity index (χ4v) is 2.12. The molecule has 1 aromatic carbocycles. The average molecular weight is 352 g/mol. The lowest BCUT2D eigenvalue weighted by Crippen LogP contribution is -2.07. The molecule has 2 aromatic rings. The number of nitrogens with zero attached hydrogens (tertiary/aromatic N) is 2. The van der Waals surface area contributed by atoms with Gasteiger partial charge in [-0.1, -0.05) is 23.2 Å². The number of alkyl halides is 3. The van der Waals surface area contributed by atoms with Crippen molar-refractivity contribution in [2.75, 3.05) is 12.4 Å². The van der Waals surface area contributed by atoms with Crippen molar-refractivity contribution in [3.05, 3.63) is 45.7 Å². The van der Waals surface area contributed by atoms with Gasteiger partial charge in [0.2, 0.25) is 5.95 Å². The number of methoxy groups -OCH3 is 1. The number of benzene rings is 1. The van der Waals surface area contributed by atoms with Crippen molar-refractivity contribution in [2.45, 2.75) is 12.8 Å². The predicted octanol–water partition coefficient (Wildman–Crippen LogP) is 4.69. The zero-order chi connectivity index (χ0) is 16.3. The molecule has 1 aromatic heterocycles. The molecular weight excluding hydrogens is 342 g/mol. The number of nitrogens with one attached hydrogen (secondary N) is 1. The number of hydrogen-bond acceptors (Lipinski definition) is 4. The van der Waals surface area contributed by atoms with Crippen molar-refractivity contribution in [2.24, 2.45) is 0 Å². The van der Waals surface area contributed by atoms with Crippen LogP contribution in [0.1, 0.15) is 11.3 Å². The van der Waals surface area contributed by atoms with Crippen LogP contribution < -0.4 is 5.32 Å². The Morgan fingerprint density at radius 2 is 1.91 bits per heavy atom. The summed E-state index contributed by atoms with van der Waals surface area (Å²) in [5.41, 5.74) is -0.310. The van der Waals surface area contributed by atoms with Crippen LogP contribution in [0.4, 0.5) is 24.8 Å². The molecule has 1 heterocycles. The molecule has 0 amide bonds. The minimum Gasteiger partial charge on any atom is -0.378 e. The van der Waals surface area contributed by atoms with Crippen LogP contribution in [-0.4, -0.2) is 17.1 Å². The number of rotatable bonds is 4. The molecule has 0 spiro atoms. The predicted molar refractivity (Wildman–Crippen MR) is 77.5 cm³/mol. The lowest BCUT2D eigenvalue weighted by atomic mass is 10.2. The van der Waals surface area contributed by atoms with Gasteiger partial charge in [-0.3, -0.25) is 0 Å². The van der Waals surface area contributed by atoms with Gasteiger partial charge in [-0.2, -0.15) is 13.2 Å². The molecule has 118 valence electrons. The van der Waals surface area contributed by atoms with Crippen molar-refractivity contribution in [1.29, 1.82) is 0 Å². The average Bonchev–Trinajstić information content (AvgIpc) is 2.39. The first-order chi connectivity index (χ1) is 10.3. The van der Waals surface area contributed by atoms with Crippen LogP contribution in [-0.2, 0) is 17.5 Å². The minimum atomic E-state index is -4.55. The molecule has 0 aliphatic heterocycles. The van der Waals surface area contributed by atoms with Crippen molar-refractivity contribution >= 4 is 34.8 Å². The summed E-state index contributed by atoms with van der Waals surface area (Å²) in [5, 5.41) is 2.43. The van der Waals surface area contributed by atoms with E-state index in [1.54, 1.807) is 0 Å². The van der Waals surface area contributed by atoms with E-state index < -0.39 is 11.7 Å². The summed E-state index contributed by atoms with van der Waals surface area (Å²) in [6.45, 7) is 0.200. The zero-order valence-electron chi connectivity index (χ0n) is 11.2. The van der Waals surface area contributed by atoms with Crippen molar-refractivity contribution in [3.8, 4) is 0 Å². The number of aromatic nitrogens is 2. The molecule has 9 heteroatoms.